The van der Waals surface area contributed by atoms with Gasteiger partial charge in [-0.25, -0.2) is 9.59 Å². The van der Waals surface area contributed by atoms with Crippen LogP contribution in [0.2, 0.25) is 54.4 Å². The van der Waals surface area contributed by atoms with Crippen LogP contribution in [0.5, 0.6) is 0 Å². The molecule has 5 rings (SSSR count). The van der Waals surface area contributed by atoms with Crippen LogP contribution in [0.1, 0.15) is 122 Å². The van der Waals surface area contributed by atoms with Crippen LogP contribution in [0.4, 0.5) is 0 Å². The number of hydrogen-bond acceptors (Lipinski definition) is 14. The van der Waals surface area contributed by atoms with Crippen molar-refractivity contribution in [3.05, 3.63) is 81.9 Å². The minimum atomic E-state index is -2.50. The standard InChI is InChI=1S/C58H93IO14Si3/c1-56(2,3)74(13,14)71-45(31-32-59)51-53(73-76(17,18)58(7,8)9)52(72-75(15,16)57(4,5)6)50-44(70-51)30-29-41(67-50)33-40(60)34-43-46(36-48(63-10)64-11)69-47(49(43)65-12)35-42(68-55(62)39-27-23-20-24-28-39)37-66-54(61)38-25-21-19-22-26-38/h19-28,31-32,41-53H,29-30,33-37H2,1-18H3/b32-31+/t41-,42?,43?,44+,45?,46+,47?,49-,50+,51?,52?,53?/m1/s1. The van der Waals surface area contributed by atoms with Crippen LogP contribution in [0.15, 0.2) is 70.8 Å². The van der Waals surface area contributed by atoms with Gasteiger partial charge in [0.2, 0.25) is 0 Å². The van der Waals surface area contributed by atoms with Crippen LogP contribution in [0, 0.1) is 5.92 Å². The molecule has 3 aliphatic rings. The molecule has 76 heavy (non-hydrogen) atoms. The van der Waals surface area contributed by atoms with Crippen molar-refractivity contribution in [1.29, 1.82) is 0 Å². The zero-order chi connectivity index (χ0) is 56.6. The van der Waals surface area contributed by atoms with E-state index in [-0.39, 0.29) is 52.9 Å². The lowest BCUT2D eigenvalue weighted by atomic mass is 9.85. The second-order valence-electron chi connectivity index (χ2n) is 25.5. The molecule has 0 bridgehead atoms. The Bertz CT molecular complexity index is 2190. The highest BCUT2D eigenvalue weighted by Crippen LogP contribution is 2.48. The van der Waals surface area contributed by atoms with Crippen molar-refractivity contribution in [2.24, 2.45) is 5.92 Å². The molecule has 12 atom stereocenters. The van der Waals surface area contributed by atoms with E-state index in [4.69, 9.17) is 51.2 Å². The largest absolute Gasteiger partial charge is 0.458 e. The van der Waals surface area contributed by atoms with E-state index >= 15 is 0 Å². The normalized spacial score (nSPS) is 26.8. The fourth-order valence-corrected chi connectivity index (χ4v) is 13.8. The zero-order valence-electron chi connectivity index (χ0n) is 49.0. The van der Waals surface area contributed by atoms with E-state index in [1.807, 2.05) is 16.2 Å². The molecular formula is C58H93IO14Si3. The Balaban J connectivity index is 1.45. The summed E-state index contributed by atoms with van der Waals surface area (Å²) in [5.41, 5.74) is 0.717. The molecule has 3 saturated heterocycles. The van der Waals surface area contributed by atoms with Gasteiger partial charge in [0.25, 0.3) is 0 Å². The number of methoxy groups -OCH3 is 3. The molecule has 2 aromatic carbocycles. The van der Waals surface area contributed by atoms with Gasteiger partial charge in [0, 0.05) is 52.9 Å². The van der Waals surface area contributed by atoms with Gasteiger partial charge in [-0.15, -0.1) is 0 Å². The number of Topliss-reactive ketones (excluding diaryl/α,β-unsaturated/α-hetero) is 1. The quantitative estimate of drug-likeness (QED) is 0.0424. The fraction of sp³-hybridized carbons (Fsp3) is 0.707. The molecule has 14 nitrogen and oxygen atoms in total. The summed E-state index contributed by atoms with van der Waals surface area (Å²) in [6.07, 6.45) is -2.51. The van der Waals surface area contributed by atoms with Gasteiger partial charge >= 0.3 is 11.9 Å². The maximum absolute atomic E-state index is 14.8. The summed E-state index contributed by atoms with van der Waals surface area (Å²) in [4.78, 5) is 41.4. The van der Waals surface area contributed by atoms with Crippen LogP contribution in [0.25, 0.3) is 0 Å². The third kappa shape index (κ3) is 16.7. The van der Waals surface area contributed by atoms with Crippen molar-refractivity contribution < 1.29 is 65.6 Å². The molecule has 0 aromatic heterocycles. The number of esters is 2. The van der Waals surface area contributed by atoms with E-state index in [1.165, 1.54) is 0 Å². The predicted octanol–water partition coefficient (Wildman–Crippen LogP) is 12.7. The highest BCUT2D eigenvalue weighted by Gasteiger charge is 2.58. The molecule has 18 heteroatoms. The molecule has 0 aliphatic carbocycles. The summed E-state index contributed by atoms with van der Waals surface area (Å²) in [6.45, 7) is 33.7. The number of rotatable bonds is 24. The van der Waals surface area contributed by atoms with Gasteiger partial charge in [-0.05, 0) is 102 Å². The molecular weight excluding hydrogens is 1130 g/mol. The number of ketones is 1. The first kappa shape index (κ1) is 64.6. The first-order chi connectivity index (χ1) is 35.4. The Morgan fingerprint density at radius 2 is 1.20 bits per heavy atom. The molecule has 0 saturated carbocycles. The lowest BCUT2D eigenvalue weighted by Crippen LogP contribution is -2.69. The maximum atomic E-state index is 14.8. The summed E-state index contributed by atoms with van der Waals surface area (Å²) >= 11 is 2.28. The topological polar surface area (TPSA) is 153 Å². The molecule has 428 valence electrons. The van der Waals surface area contributed by atoms with Gasteiger partial charge in [-0.3, -0.25) is 4.79 Å². The third-order valence-electron chi connectivity index (χ3n) is 17.0. The molecule has 7 unspecified atom stereocenters. The monoisotopic (exact) mass is 1220 g/mol. The molecule has 3 heterocycles. The van der Waals surface area contributed by atoms with E-state index in [0.717, 1.165) is 0 Å². The van der Waals surface area contributed by atoms with Crippen molar-refractivity contribution in [3.8, 4) is 0 Å². The zero-order valence-corrected chi connectivity index (χ0v) is 54.1. The Morgan fingerprint density at radius 1 is 0.658 bits per heavy atom. The van der Waals surface area contributed by atoms with Crippen LogP contribution >= 0.6 is 22.6 Å². The number of ether oxygens (including phenoxy) is 8. The number of carbonyl (C=O) groups is 3. The van der Waals surface area contributed by atoms with Gasteiger partial charge in [-0.1, -0.05) is 121 Å². The van der Waals surface area contributed by atoms with Crippen LogP contribution in [-0.2, 0) is 56.0 Å². The first-order valence-electron chi connectivity index (χ1n) is 27.2. The van der Waals surface area contributed by atoms with E-state index in [9.17, 15) is 14.4 Å². The van der Waals surface area contributed by atoms with E-state index in [2.05, 4.69) is 130 Å². The molecule has 2 aromatic rings. The Kier molecular flexibility index (Phi) is 23.0. The fourth-order valence-electron chi connectivity index (χ4n) is 9.49. The van der Waals surface area contributed by atoms with Gasteiger partial charge in [0.15, 0.2) is 31.2 Å². The second kappa shape index (κ2) is 27.1. The molecule has 0 radical (unpaired) electrons. The minimum Gasteiger partial charge on any atom is -0.458 e. The van der Waals surface area contributed by atoms with Crippen molar-refractivity contribution >= 4 is 65.3 Å². The number of carbonyl (C=O) groups excluding carboxylic acids is 3. The van der Waals surface area contributed by atoms with Crippen molar-refractivity contribution in [2.45, 2.75) is 229 Å². The van der Waals surface area contributed by atoms with Crippen molar-refractivity contribution in [1.82, 2.24) is 0 Å². The summed E-state index contributed by atoms with van der Waals surface area (Å²) in [7, 11) is -2.61. The minimum absolute atomic E-state index is 0.0134. The van der Waals surface area contributed by atoms with Crippen LogP contribution < -0.4 is 0 Å². The molecule has 0 amide bonds. The van der Waals surface area contributed by atoms with Gasteiger partial charge in [0.1, 0.15) is 42.9 Å². The highest BCUT2D eigenvalue weighted by molar-refractivity contribution is 14.1. The Labute approximate surface area is 472 Å². The lowest BCUT2D eigenvalue weighted by molar-refractivity contribution is -0.266. The number of fused-ring (bicyclic) bond motifs is 1. The smallest absolute Gasteiger partial charge is 0.338 e. The van der Waals surface area contributed by atoms with Crippen molar-refractivity contribution in [3.63, 3.8) is 0 Å². The Morgan fingerprint density at radius 3 is 1.71 bits per heavy atom. The molecule has 3 aliphatic heterocycles. The third-order valence-corrected chi connectivity index (χ3v) is 30.9. The van der Waals surface area contributed by atoms with Gasteiger partial charge in [0.05, 0.1) is 47.8 Å². The molecule has 0 spiro atoms. The summed E-state index contributed by atoms with van der Waals surface area (Å²) in [5, 5.41) is -0.300. The first-order valence-corrected chi connectivity index (χ1v) is 37.2. The summed E-state index contributed by atoms with van der Waals surface area (Å²) in [5.74, 6) is -1.58. The summed E-state index contributed by atoms with van der Waals surface area (Å²) < 4.78 is 75.2. The second-order valence-corrected chi connectivity index (χ2v) is 40.5. The summed E-state index contributed by atoms with van der Waals surface area (Å²) in [6, 6.07) is 17.3. The van der Waals surface area contributed by atoms with E-state index in [0.29, 0.717) is 30.4 Å². The maximum Gasteiger partial charge on any atom is 0.338 e. The SMILES string of the molecule is COC(C[C@@H]1OC(CC(COC(=O)c2ccccc2)OC(=O)c2ccccc2)[C@H](OC)C1CC(=O)C[C@H]1CC[C@@H]2OC(C(/C=C/I)O[Si](C)(C)C(C)(C)C)C(O[Si](C)(C)C(C)(C)C)C(O[Si](C)(C)C(C)(C)C)[C@H]2O1)OC. The average molecular weight is 1230 g/mol. The van der Waals surface area contributed by atoms with E-state index < -0.39 is 110 Å². The predicted molar refractivity (Wildman–Crippen MR) is 313 cm³/mol. The van der Waals surface area contributed by atoms with Crippen LogP contribution in [-0.4, -0.2) is 144 Å². The molecule has 3 fully saturated rings. The van der Waals surface area contributed by atoms with Crippen LogP contribution in [0.3, 0.4) is 0 Å². The Hall–Kier alpha value is -2.19. The number of halogens is 1. The van der Waals surface area contributed by atoms with Gasteiger partial charge < -0.3 is 51.2 Å². The number of hydrogen-bond donors (Lipinski definition) is 0. The number of benzene rings is 2. The highest BCUT2D eigenvalue weighted by atomic mass is 127. The molecule has 0 N–H and O–H groups in total. The average Bonchev–Trinajstić information content (AvgIpc) is 3.65. The van der Waals surface area contributed by atoms with Crippen molar-refractivity contribution in [2.75, 3.05) is 27.9 Å². The lowest BCUT2D eigenvalue weighted by Gasteiger charge is -2.56. The van der Waals surface area contributed by atoms with Gasteiger partial charge in [-0.2, -0.15) is 0 Å². The van der Waals surface area contributed by atoms with E-state index in [1.54, 1.807) is 69.9 Å².